The number of aryl methyl sites for hydroxylation is 1. The summed E-state index contributed by atoms with van der Waals surface area (Å²) < 4.78 is 0. The number of aromatic carboxylic acids is 1. The molecular formula is C14H13NO2. The van der Waals surface area contributed by atoms with Gasteiger partial charge in [-0.25, -0.2) is 4.79 Å². The van der Waals surface area contributed by atoms with Crippen molar-refractivity contribution in [3.05, 3.63) is 53.9 Å². The van der Waals surface area contributed by atoms with Crippen LogP contribution in [0.2, 0.25) is 0 Å². The first-order valence-corrected chi connectivity index (χ1v) is 5.50. The van der Waals surface area contributed by atoms with Crippen LogP contribution in [-0.2, 0) is 6.42 Å². The summed E-state index contributed by atoms with van der Waals surface area (Å²) in [4.78, 5) is 14.5. The van der Waals surface area contributed by atoms with Crippen molar-refractivity contribution in [1.82, 2.24) is 4.98 Å². The van der Waals surface area contributed by atoms with E-state index in [1.54, 1.807) is 18.3 Å². The number of carbonyl (C=O) groups is 1. The van der Waals surface area contributed by atoms with Crippen LogP contribution >= 0.6 is 0 Å². The second-order valence-electron chi connectivity index (χ2n) is 3.74. The lowest BCUT2D eigenvalue weighted by molar-refractivity contribution is 0.0695. The maximum Gasteiger partial charge on any atom is 0.337 e. The first-order chi connectivity index (χ1) is 8.22. The van der Waals surface area contributed by atoms with Crippen LogP contribution in [0.1, 0.15) is 23.0 Å². The lowest BCUT2D eigenvalue weighted by atomic mass is 10.1. The van der Waals surface area contributed by atoms with Crippen LogP contribution in [0.3, 0.4) is 0 Å². The van der Waals surface area contributed by atoms with Gasteiger partial charge in [0.05, 0.1) is 11.3 Å². The molecule has 3 heteroatoms. The van der Waals surface area contributed by atoms with Crippen LogP contribution in [0, 0.1) is 0 Å². The Kier molecular flexibility index (Phi) is 3.19. The van der Waals surface area contributed by atoms with Gasteiger partial charge in [-0.1, -0.05) is 25.1 Å². The number of pyridine rings is 1. The van der Waals surface area contributed by atoms with Gasteiger partial charge in [0.2, 0.25) is 0 Å². The average molecular weight is 227 g/mol. The Morgan fingerprint density at radius 2 is 1.94 bits per heavy atom. The zero-order chi connectivity index (χ0) is 12.3. The molecule has 1 N–H and O–H groups in total. The number of carboxylic acid groups (broad SMARTS) is 1. The number of rotatable bonds is 2. The number of nitrogens with zero attached hydrogens (tertiary/aromatic N) is 1. The first kappa shape index (κ1) is 11.3. The van der Waals surface area contributed by atoms with Crippen LogP contribution in [0.25, 0.3) is 11.1 Å². The Hall–Kier alpha value is -2.16. The molecule has 0 spiro atoms. The van der Waals surface area contributed by atoms with Crippen LogP contribution in [0.4, 0.5) is 0 Å². The minimum absolute atomic E-state index is 0.301. The van der Waals surface area contributed by atoms with Crippen LogP contribution in [0.15, 0.2) is 42.6 Å². The smallest absolute Gasteiger partial charge is 0.337 e. The monoisotopic (exact) mass is 227 g/mol. The van der Waals surface area contributed by atoms with Crippen LogP contribution < -0.4 is 0 Å². The number of carboxylic acids is 1. The van der Waals surface area contributed by atoms with E-state index in [0.29, 0.717) is 17.7 Å². The summed E-state index contributed by atoms with van der Waals surface area (Å²) in [5, 5.41) is 8.66. The lowest BCUT2D eigenvalue weighted by Crippen LogP contribution is -2.02. The fourth-order valence-corrected chi connectivity index (χ4v) is 1.59. The molecule has 0 atom stereocenters. The van der Waals surface area contributed by atoms with Gasteiger partial charge in [0.1, 0.15) is 0 Å². The molecule has 3 nitrogen and oxygen atoms in total. The SMILES string of the molecule is CCc1ncccc1C(=O)O.c1cc2cc-2c1. The van der Waals surface area contributed by atoms with E-state index in [9.17, 15) is 4.79 Å². The standard InChI is InChI=1S/C8H9NO2.C6H4/c1-2-7-6(8(10)11)4-3-5-9-7;1-2-5-4-6(5)3-1/h3-5H,2H2,1H3,(H,10,11);1-4H. The highest BCUT2D eigenvalue weighted by Gasteiger charge is 2.07. The fourth-order valence-electron chi connectivity index (χ4n) is 1.59. The van der Waals surface area contributed by atoms with Gasteiger partial charge in [-0.05, 0) is 35.7 Å². The molecule has 0 radical (unpaired) electrons. The van der Waals surface area contributed by atoms with Gasteiger partial charge in [-0.15, -0.1) is 0 Å². The van der Waals surface area contributed by atoms with Crippen LogP contribution in [0.5, 0.6) is 0 Å². The van der Waals surface area contributed by atoms with E-state index in [0.717, 1.165) is 0 Å². The molecule has 0 saturated carbocycles. The van der Waals surface area contributed by atoms with Gasteiger partial charge < -0.3 is 5.11 Å². The molecule has 0 aliphatic heterocycles. The first-order valence-electron chi connectivity index (χ1n) is 5.50. The Morgan fingerprint density at radius 1 is 1.24 bits per heavy atom. The van der Waals surface area contributed by atoms with Crippen molar-refractivity contribution >= 4 is 5.97 Å². The summed E-state index contributed by atoms with van der Waals surface area (Å²) in [6, 6.07) is 11.7. The van der Waals surface area contributed by atoms with Crippen molar-refractivity contribution in [2.45, 2.75) is 13.3 Å². The number of fused-ring (bicyclic) bond motifs is 1. The molecular weight excluding hydrogens is 214 g/mol. The third-order valence-electron chi connectivity index (χ3n) is 2.57. The Bertz CT molecular complexity index is 532. The Labute approximate surface area is 99.8 Å². The molecule has 0 saturated heterocycles. The van der Waals surface area contributed by atoms with Crippen molar-refractivity contribution in [2.24, 2.45) is 0 Å². The summed E-state index contributed by atoms with van der Waals surface area (Å²) in [5.41, 5.74) is 3.79. The molecule has 0 fully saturated rings. The molecule has 1 aromatic heterocycles. The van der Waals surface area contributed by atoms with E-state index >= 15 is 0 Å². The molecule has 1 aromatic rings. The van der Waals surface area contributed by atoms with E-state index in [1.165, 1.54) is 11.1 Å². The summed E-state index contributed by atoms with van der Waals surface area (Å²) in [6.07, 6.45) is 2.26. The molecule has 0 aromatic carbocycles. The quantitative estimate of drug-likeness (QED) is 0.732. The van der Waals surface area contributed by atoms with Crippen molar-refractivity contribution in [1.29, 1.82) is 0 Å². The van der Waals surface area contributed by atoms with Gasteiger partial charge in [-0.2, -0.15) is 0 Å². The van der Waals surface area contributed by atoms with E-state index < -0.39 is 5.97 Å². The normalized spacial score (nSPS) is 10.2. The van der Waals surface area contributed by atoms with Gasteiger partial charge in [-0.3, -0.25) is 4.98 Å². The van der Waals surface area contributed by atoms with E-state index in [1.807, 2.05) is 6.92 Å². The number of aromatic nitrogens is 1. The maximum absolute atomic E-state index is 10.5. The highest BCUT2D eigenvalue weighted by molar-refractivity contribution is 5.88. The van der Waals surface area contributed by atoms with Crippen molar-refractivity contribution in [3.63, 3.8) is 0 Å². The van der Waals surface area contributed by atoms with Crippen molar-refractivity contribution < 1.29 is 9.90 Å². The topological polar surface area (TPSA) is 50.2 Å². The van der Waals surface area contributed by atoms with Gasteiger partial charge in [0.15, 0.2) is 0 Å². The summed E-state index contributed by atoms with van der Waals surface area (Å²) in [6.45, 7) is 1.88. The second kappa shape index (κ2) is 4.78. The number of hydrogen-bond donors (Lipinski definition) is 1. The minimum Gasteiger partial charge on any atom is -0.478 e. The number of benzene rings is 1. The highest BCUT2D eigenvalue weighted by Crippen LogP contribution is 2.32. The zero-order valence-corrected chi connectivity index (χ0v) is 9.55. The largest absolute Gasteiger partial charge is 0.478 e. The van der Waals surface area contributed by atoms with E-state index in [4.69, 9.17) is 5.11 Å². The third-order valence-corrected chi connectivity index (χ3v) is 2.57. The Morgan fingerprint density at radius 3 is 2.29 bits per heavy atom. The molecule has 1 heterocycles. The summed E-state index contributed by atoms with van der Waals surface area (Å²) in [7, 11) is 0. The van der Waals surface area contributed by atoms with Gasteiger partial charge in [0.25, 0.3) is 0 Å². The maximum atomic E-state index is 10.5. The molecule has 86 valence electrons. The molecule has 0 unspecified atom stereocenters. The summed E-state index contributed by atoms with van der Waals surface area (Å²) in [5.74, 6) is -0.907. The molecule has 2 aliphatic rings. The highest BCUT2D eigenvalue weighted by atomic mass is 16.4. The van der Waals surface area contributed by atoms with Crippen molar-refractivity contribution in [2.75, 3.05) is 0 Å². The minimum atomic E-state index is -0.907. The lowest BCUT2D eigenvalue weighted by Gasteiger charge is -1.99. The third kappa shape index (κ3) is 2.69. The van der Waals surface area contributed by atoms with E-state index in [-0.39, 0.29) is 0 Å². The van der Waals surface area contributed by atoms with Crippen molar-refractivity contribution in [3.8, 4) is 11.1 Å². The average Bonchev–Trinajstić information content (AvgIpc) is 2.96. The molecule has 0 bridgehead atoms. The predicted octanol–water partition coefficient (Wildman–Crippen LogP) is 3.01. The summed E-state index contributed by atoms with van der Waals surface area (Å²) >= 11 is 0. The van der Waals surface area contributed by atoms with Gasteiger partial charge in [0, 0.05) is 6.20 Å². The predicted molar refractivity (Wildman–Crippen MR) is 66.0 cm³/mol. The molecule has 0 amide bonds. The van der Waals surface area contributed by atoms with Crippen LogP contribution in [-0.4, -0.2) is 16.1 Å². The zero-order valence-electron chi connectivity index (χ0n) is 9.55. The van der Waals surface area contributed by atoms with E-state index in [2.05, 4.69) is 29.2 Å². The second-order valence-corrected chi connectivity index (χ2v) is 3.74. The fraction of sp³-hybridized carbons (Fsp3) is 0.143. The van der Waals surface area contributed by atoms with Gasteiger partial charge >= 0.3 is 5.97 Å². The Balaban J connectivity index is 0.000000148. The number of hydrogen-bond acceptors (Lipinski definition) is 2. The molecule has 2 aliphatic carbocycles. The molecule has 17 heavy (non-hydrogen) atoms. The molecule has 3 rings (SSSR count).